The van der Waals surface area contributed by atoms with Gasteiger partial charge in [0.25, 0.3) is 0 Å². The second-order valence-electron chi connectivity index (χ2n) is 6.73. The first-order chi connectivity index (χ1) is 10.3. The molecule has 128 valence electrons. The van der Waals surface area contributed by atoms with Gasteiger partial charge in [-0.2, -0.15) is 4.90 Å². The smallest absolute Gasteiger partial charge is 0.424 e. The summed E-state index contributed by atoms with van der Waals surface area (Å²) >= 11 is 11.9. The van der Waals surface area contributed by atoms with Crippen molar-refractivity contribution in [2.24, 2.45) is 0 Å². The van der Waals surface area contributed by atoms with Gasteiger partial charge in [0.1, 0.15) is 21.4 Å². The quantitative estimate of drug-likeness (QED) is 0.652. The van der Waals surface area contributed by atoms with Crippen LogP contribution in [0.25, 0.3) is 0 Å². The van der Waals surface area contributed by atoms with Crippen molar-refractivity contribution in [1.82, 2.24) is 4.98 Å². The van der Waals surface area contributed by atoms with Crippen LogP contribution in [-0.2, 0) is 9.47 Å². The highest BCUT2D eigenvalue weighted by molar-refractivity contribution is 6.43. The molecule has 1 aromatic heterocycles. The second kappa shape index (κ2) is 6.93. The van der Waals surface area contributed by atoms with Crippen LogP contribution < -0.4 is 4.90 Å². The zero-order valence-corrected chi connectivity index (χ0v) is 15.4. The number of nitrogens with zero attached hydrogens (tertiary/aromatic N) is 2. The summed E-state index contributed by atoms with van der Waals surface area (Å²) in [7, 11) is 0. The van der Waals surface area contributed by atoms with Crippen LogP contribution in [0.1, 0.15) is 41.5 Å². The maximum absolute atomic E-state index is 12.4. The molecule has 1 heterocycles. The number of anilines is 1. The summed E-state index contributed by atoms with van der Waals surface area (Å²) in [6.45, 7) is 10.1. The Labute approximate surface area is 145 Å². The number of imide groups is 1. The van der Waals surface area contributed by atoms with Crippen molar-refractivity contribution in [2.45, 2.75) is 52.7 Å². The van der Waals surface area contributed by atoms with Crippen molar-refractivity contribution in [3.8, 4) is 0 Å². The molecule has 0 saturated carbocycles. The third kappa shape index (κ3) is 5.88. The molecule has 0 spiro atoms. The van der Waals surface area contributed by atoms with Crippen molar-refractivity contribution in [3.63, 3.8) is 0 Å². The lowest BCUT2D eigenvalue weighted by Gasteiger charge is -2.29. The predicted octanol–water partition coefficient (Wildman–Crippen LogP) is 5.07. The molecule has 1 rings (SSSR count). The van der Waals surface area contributed by atoms with Crippen molar-refractivity contribution in [3.05, 3.63) is 22.4 Å². The van der Waals surface area contributed by atoms with Gasteiger partial charge in [-0.3, -0.25) is 0 Å². The number of aromatic nitrogens is 1. The van der Waals surface area contributed by atoms with E-state index in [-0.39, 0.29) is 15.9 Å². The van der Waals surface area contributed by atoms with E-state index >= 15 is 0 Å². The Kier molecular flexibility index (Phi) is 5.88. The third-order valence-corrected chi connectivity index (χ3v) is 2.98. The Morgan fingerprint density at radius 3 is 1.83 bits per heavy atom. The molecule has 0 saturated heterocycles. The van der Waals surface area contributed by atoms with Crippen LogP contribution in [0.2, 0.25) is 10.2 Å². The van der Waals surface area contributed by atoms with E-state index in [2.05, 4.69) is 4.98 Å². The standard InChI is InChI=1S/C15H20Cl2N2O4/c1-14(2,3)22-12(20)19(13(21)23-15(4,5)6)9-7-8-18-11(17)10(9)16/h7-8H,1-6H3. The number of carbonyl (C=O) groups is 2. The number of hydrogen-bond donors (Lipinski definition) is 0. The number of hydrogen-bond acceptors (Lipinski definition) is 5. The molecule has 1 aromatic rings. The topological polar surface area (TPSA) is 68.7 Å². The van der Waals surface area contributed by atoms with E-state index in [0.717, 1.165) is 0 Å². The SMILES string of the molecule is CC(C)(C)OC(=O)N(C(=O)OC(C)(C)C)c1ccnc(Cl)c1Cl. The number of halogens is 2. The lowest BCUT2D eigenvalue weighted by atomic mass is 10.2. The highest BCUT2D eigenvalue weighted by Crippen LogP contribution is 2.32. The average Bonchev–Trinajstić information content (AvgIpc) is 2.30. The molecule has 0 aliphatic rings. The zero-order valence-electron chi connectivity index (χ0n) is 13.9. The Balaban J connectivity index is 3.29. The van der Waals surface area contributed by atoms with Crippen LogP contribution in [-0.4, -0.2) is 28.4 Å². The fourth-order valence-corrected chi connectivity index (χ4v) is 1.82. The molecular formula is C15H20Cl2N2O4. The molecule has 0 atom stereocenters. The number of amides is 2. The molecule has 2 amide bonds. The maximum Gasteiger partial charge on any atom is 0.424 e. The van der Waals surface area contributed by atoms with Crippen LogP contribution >= 0.6 is 23.2 Å². The van der Waals surface area contributed by atoms with E-state index in [1.807, 2.05) is 0 Å². The van der Waals surface area contributed by atoms with Gasteiger partial charge in [0.05, 0.1) is 5.69 Å². The first-order valence-electron chi connectivity index (χ1n) is 6.88. The van der Waals surface area contributed by atoms with E-state index in [4.69, 9.17) is 32.7 Å². The van der Waals surface area contributed by atoms with Crippen LogP contribution in [0.3, 0.4) is 0 Å². The number of ether oxygens (including phenoxy) is 2. The molecule has 0 unspecified atom stereocenters. The summed E-state index contributed by atoms with van der Waals surface area (Å²) in [6, 6.07) is 1.38. The Morgan fingerprint density at radius 2 is 1.43 bits per heavy atom. The fraction of sp³-hybridized carbons (Fsp3) is 0.533. The molecule has 0 radical (unpaired) electrons. The van der Waals surface area contributed by atoms with Gasteiger partial charge in [0.2, 0.25) is 0 Å². The van der Waals surface area contributed by atoms with Crippen molar-refractivity contribution in [1.29, 1.82) is 0 Å². The molecule has 0 N–H and O–H groups in total. The van der Waals surface area contributed by atoms with Crippen molar-refractivity contribution in [2.75, 3.05) is 4.90 Å². The minimum atomic E-state index is -0.920. The highest BCUT2D eigenvalue weighted by Gasteiger charge is 2.34. The third-order valence-electron chi connectivity index (χ3n) is 2.22. The molecule has 0 bridgehead atoms. The summed E-state index contributed by atoms with van der Waals surface area (Å²) in [6.07, 6.45) is -0.516. The summed E-state index contributed by atoms with van der Waals surface area (Å²) < 4.78 is 10.5. The first kappa shape index (κ1) is 19.5. The Bertz CT molecular complexity index is 578. The van der Waals surface area contributed by atoms with Crippen LogP contribution in [0.15, 0.2) is 12.3 Å². The summed E-state index contributed by atoms with van der Waals surface area (Å²) in [5.74, 6) is 0. The van der Waals surface area contributed by atoms with E-state index in [1.165, 1.54) is 12.3 Å². The minimum absolute atomic E-state index is 0.0372. The average molecular weight is 363 g/mol. The molecule has 8 heteroatoms. The zero-order chi connectivity index (χ0) is 18.0. The minimum Gasteiger partial charge on any atom is -0.443 e. The summed E-state index contributed by atoms with van der Waals surface area (Å²) in [5.41, 5.74) is -1.57. The van der Waals surface area contributed by atoms with Gasteiger partial charge < -0.3 is 9.47 Å². The van der Waals surface area contributed by atoms with Crippen LogP contribution in [0, 0.1) is 0 Å². The maximum atomic E-state index is 12.4. The molecule has 6 nitrogen and oxygen atoms in total. The van der Waals surface area contributed by atoms with Gasteiger partial charge in [-0.15, -0.1) is 0 Å². The number of carbonyl (C=O) groups excluding carboxylic acids is 2. The fourth-order valence-electron chi connectivity index (χ4n) is 1.47. The number of pyridine rings is 1. The molecule has 0 aromatic carbocycles. The predicted molar refractivity (Wildman–Crippen MR) is 89.2 cm³/mol. The van der Waals surface area contributed by atoms with E-state index in [1.54, 1.807) is 41.5 Å². The van der Waals surface area contributed by atoms with Crippen molar-refractivity contribution >= 4 is 41.1 Å². The van der Waals surface area contributed by atoms with Gasteiger partial charge in [-0.1, -0.05) is 23.2 Å². The molecule has 0 aliphatic carbocycles. The van der Waals surface area contributed by atoms with Crippen LogP contribution in [0.4, 0.5) is 15.3 Å². The lowest BCUT2D eigenvalue weighted by Crippen LogP contribution is -2.44. The van der Waals surface area contributed by atoms with Gasteiger partial charge in [-0.05, 0) is 47.6 Å². The first-order valence-corrected chi connectivity index (χ1v) is 7.63. The Hall–Kier alpha value is -1.53. The molecular weight excluding hydrogens is 343 g/mol. The molecule has 0 aliphatic heterocycles. The van der Waals surface area contributed by atoms with Gasteiger partial charge in [0.15, 0.2) is 0 Å². The highest BCUT2D eigenvalue weighted by atomic mass is 35.5. The largest absolute Gasteiger partial charge is 0.443 e. The summed E-state index contributed by atoms with van der Waals surface area (Å²) in [4.78, 5) is 29.4. The van der Waals surface area contributed by atoms with Crippen LogP contribution in [0.5, 0.6) is 0 Å². The van der Waals surface area contributed by atoms with E-state index in [9.17, 15) is 9.59 Å². The van der Waals surface area contributed by atoms with E-state index in [0.29, 0.717) is 4.90 Å². The van der Waals surface area contributed by atoms with Crippen molar-refractivity contribution < 1.29 is 19.1 Å². The van der Waals surface area contributed by atoms with Gasteiger partial charge in [-0.25, -0.2) is 14.6 Å². The second-order valence-corrected chi connectivity index (χ2v) is 7.47. The Morgan fingerprint density at radius 1 is 1.00 bits per heavy atom. The molecule has 0 fully saturated rings. The monoisotopic (exact) mass is 362 g/mol. The van der Waals surface area contributed by atoms with Gasteiger partial charge >= 0.3 is 12.2 Å². The molecule has 23 heavy (non-hydrogen) atoms. The lowest BCUT2D eigenvalue weighted by molar-refractivity contribution is 0.0431. The van der Waals surface area contributed by atoms with Gasteiger partial charge in [0, 0.05) is 6.20 Å². The van der Waals surface area contributed by atoms with E-state index < -0.39 is 23.4 Å². The summed E-state index contributed by atoms with van der Waals surface area (Å²) in [5, 5.41) is -0.0906. The number of rotatable bonds is 1. The normalized spacial score (nSPS) is 11.8.